The van der Waals surface area contributed by atoms with Gasteiger partial charge in [-0.3, -0.25) is 4.79 Å². The summed E-state index contributed by atoms with van der Waals surface area (Å²) in [5.74, 6) is 0.685. The van der Waals surface area contributed by atoms with Gasteiger partial charge in [-0.1, -0.05) is 30.3 Å². The Balaban J connectivity index is 1.58. The van der Waals surface area contributed by atoms with Gasteiger partial charge in [-0.05, 0) is 17.7 Å². The molecule has 0 radical (unpaired) electrons. The summed E-state index contributed by atoms with van der Waals surface area (Å²) in [4.78, 5) is 31.7. The predicted octanol–water partition coefficient (Wildman–Crippen LogP) is 2.44. The van der Waals surface area contributed by atoms with Gasteiger partial charge in [0, 0.05) is 44.6 Å². The second-order valence-corrected chi connectivity index (χ2v) is 7.07. The molecule has 0 spiro atoms. The third-order valence-electron chi connectivity index (χ3n) is 5.53. The lowest BCUT2D eigenvalue weighted by Gasteiger charge is -2.29. The van der Waals surface area contributed by atoms with Crippen LogP contribution in [0, 0.1) is 11.8 Å². The highest BCUT2D eigenvalue weighted by Crippen LogP contribution is 2.45. The maximum absolute atomic E-state index is 12.2. The number of aromatic carboxylic acids is 1. The van der Waals surface area contributed by atoms with Crippen LogP contribution in [0.1, 0.15) is 28.9 Å². The summed E-state index contributed by atoms with van der Waals surface area (Å²) in [7, 11) is 0. The van der Waals surface area contributed by atoms with E-state index in [-0.39, 0.29) is 17.5 Å². The Morgan fingerprint density at radius 1 is 1.08 bits per heavy atom. The Morgan fingerprint density at radius 3 is 2.46 bits per heavy atom. The zero-order chi connectivity index (χ0) is 18.3. The van der Waals surface area contributed by atoms with Gasteiger partial charge in [-0.2, -0.15) is 0 Å². The second-order valence-electron chi connectivity index (χ2n) is 7.07. The Labute approximate surface area is 152 Å². The molecule has 3 heterocycles. The minimum absolute atomic E-state index is 0.0852. The van der Waals surface area contributed by atoms with Crippen molar-refractivity contribution in [2.24, 2.45) is 11.8 Å². The molecule has 4 rings (SSSR count). The SMILES string of the molecule is CC(=O)N1C[C@H]2CN(c3ccc(C(=O)O)cn3)C[C@H]2[C@H]1c1ccccc1. The maximum atomic E-state index is 12.2. The molecule has 1 aromatic carbocycles. The largest absolute Gasteiger partial charge is 0.478 e. The predicted molar refractivity (Wildman–Crippen MR) is 97.0 cm³/mol. The van der Waals surface area contributed by atoms with Crippen LogP contribution in [-0.4, -0.2) is 46.5 Å². The highest BCUT2D eigenvalue weighted by atomic mass is 16.4. The number of rotatable bonds is 3. The number of carboxylic acids is 1. The average molecular weight is 351 g/mol. The summed E-state index contributed by atoms with van der Waals surface area (Å²) in [6.45, 7) is 4.04. The lowest BCUT2D eigenvalue weighted by atomic mass is 9.89. The summed E-state index contributed by atoms with van der Waals surface area (Å²) < 4.78 is 0. The molecule has 0 aliphatic carbocycles. The Morgan fingerprint density at radius 2 is 1.85 bits per heavy atom. The van der Waals surface area contributed by atoms with Crippen LogP contribution in [0.3, 0.4) is 0 Å². The van der Waals surface area contributed by atoms with Gasteiger partial charge in [0.05, 0.1) is 11.6 Å². The molecule has 3 atom stereocenters. The molecule has 2 saturated heterocycles. The summed E-state index contributed by atoms with van der Waals surface area (Å²) in [5, 5.41) is 9.02. The van der Waals surface area contributed by atoms with E-state index in [0.29, 0.717) is 11.8 Å². The third-order valence-corrected chi connectivity index (χ3v) is 5.53. The van der Waals surface area contributed by atoms with Crippen molar-refractivity contribution >= 4 is 17.7 Å². The lowest BCUT2D eigenvalue weighted by Crippen LogP contribution is -2.34. The van der Waals surface area contributed by atoms with E-state index in [9.17, 15) is 9.59 Å². The molecule has 1 amide bonds. The number of hydrogen-bond acceptors (Lipinski definition) is 4. The van der Waals surface area contributed by atoms with Gasteiger partial charge in [-0.15, -0.1) is 0 Å². The first-order chi connectivity index (χ1) is 12.5. The van der Waals surface area contributed by atoms with Gasteiger partial charge in [-0.25, -0.2) is 9.78 Å². The van der Waals surface area contributed by atoms with Crippen molar-refractivity contribution in [2.75, 3.05) is 24.5 Å². The molecule has 2 aliphatic rings. The van der Waals surface area contributed by atoms with E-state index >= 15 is 0 Å². The number of nitrogens with zero attached hydrogens (tertiary/aromatic N) is 3. The molecule has 0 saturated carbocycles. The van der Waals surface area contributed by atoms with Gasteiger partial charge < -0.3 is 14.9 Å². The maximum Gasteiger partial charge on any atom is 0.337 e. The van der Waals surface area contributed by atoms with Crippen LogP contribution >= 0.6 is 0 Å². The number of aromatic nitrogens is 1. The summed E-state index contributed by atoms with van der Waals surface area (Å²) in [6, 6.07) is 13.6. The molecular weight excluding hydrogens is 330 g/mol. The fourth-order valence-electron chi connectivity index (χ4n) is 4.33. The Bertz CT molecular complexity index is 822. The number of carbonyl (C=O) groups is 2. The highest BCUT2D eigenvalue weighted by molar-refractivity contribution is 5.87. The molecule has 1 N–H and O–H groups in total. The zero-order valence-corrected chi connectivity index (χ0v) is 14.6. The first-order valence-electron chi connectivity index (χ1n) is 8.81. The monoisotopic (exact) mass is 351 g/mol. The van der Waals surface area contributed by atoms with Crippen LogP contribution in [0.15, 0.2) is 48.7 Å². The molecule has 2 aromatic rings. The molecule has 134 valence electrons. The molecule has 1 aromatic heterocycles. The van der Waals surface area contributed by atoms with Crippen LogP contribution in [0.4, 0.5) is 5.82 Å². The number of carboxylic acid groups (broad SMARTS) is 1. The smallest absolute Gasteiger partial charge is 0.337 e. The molecule has 2 fully saturated rings. The van der Waals surface area contributed by atoms with Gasteiger partial charge in [0.15, 0.2) is 0 Å². The van der Waals surface area contributed by atoms with Crippen LogP contribution in [0.5, 0.6) is 0 Å². The van der Waals surface area contributed by atoms with Gasteiger partial charge in [0.2, 0.25) is 5.91 Å². The van der Waals surface area contributed by atoms with E-state index in [1.807, 2.05) is 23.1 Å². The molecular formula is C20H21N3O3. The standard InChI is InChI=1S/C20H21N3O3/c1-13(24)23-11-16-10-22(18-8-7-15(9-21-18)20(25)26)12-17(16)19(23)14-5-3-2-4-6-14/h2-9,16-17,19H,10-12H2,1H3,(H,25,26)/t16-,17-,19-/m1/s1. The van der Waals surface area contributed by atoms with Gasteiger partial charge in [0.1, 0.15) is 5.82 Å². The molecule has 0 bridgehead atoms. The Kier molecular flexibility index (Phi) is 4.11. The molecule has 26 heavy (non-hydrogen) atoms. The number of likely N-dealkylation sites (tertiary alicyclic amines) is 1. The van der Waals surface area contributed by atoms with Crippen molar-refractivity contribution in [3.63, 3.8) is 0 Å². The van der Waals surface area contributed by atoms with Crippen molar-refractivity contribution < 1.29 is 14.7 Å². The molecule has 6 heteroatoms. The van der Waals surface area contributed by atoms with Gasteiger partial charge >= 0.3 is 5.97 Å². The van der Waals surface area contributed by atoms with E-state index in [1.165, 1.54) is 11.8 Å². The van der Waals surface area contributed by atoms with E-state index in [0.717, 1.165) is 25.5 Å². The topological polar surface area (TPSA) is 73.7 Å². The summed E-state index contributed by atoms with van der Waals surface area (Å²) in [6.07, 6.45) is 1.41. The van der Waals surface area contributed by atoms with Crippen LogP contribution in [-0.2, 0) is 4.79 Å². The number of fused-ring (bicyclic) bond motifs is 1. The fraction of sp³-hybridized carbons (Fsp3) is 0.350. The van der Waals surface area contributed by atoms with Crippen LogP contribution < -0.4 is 4.90 Å². The quantitative estimate of drug-likeness (QED) is 0.919. The summed E-state index contributed by atoms with van der Waals surface area (Å²) in [5.41, 5.74) is 1.37. The van der Waals surface area contributed by atoms with Crippen molar-refractivity contribution in [1.82, 2.24) is 9.88 Å². The third kappa shape index (κ3) is 2.81. The van der Waals surface area contributed by atoms with E-state index in [2.05, 4.69) is 22.0 Å². The van der Waals surface area contributed by atoms with Crippen LogP contribution in [0.2, 0.25) is 0 Å². The van der Waals surface area contributed by atoms with E-state index in [4.69, 9.17) is 5.11 Å². The normalized spacial score (nSPS) is 24.6. The lowest BCUT2D eigenvalue weighted by molar-refractivity contribution is -0.130. The number of amides is 1. The van der Waals surface area contributed by atoms with E-state index < -0.39 is 5.97 Å². The van der Waals surface area contributed by atoms with Gasteiger partial charge in [0.25, 0.3) is 0 Å². The number of hydrogen-bond donors (Lipinski definition) is 1. The van der Waals surface area contributed by atoms with Crippen molar-refractivity contribution in [1.29, 1.82) is 0 Å². The first kappa shape index (κ1) is 16.6. The zero-order valence-electron chi connectivity index (χ0n) is 14.6. The number of carbonyl (C=O) groups excluding carboxylic acids is 1. The summed E-state index contributed by atoms with van der Waals surface area (Å²) >= 11 is 0. The second kappa shape index (κ2) is 6.44. The molecule has 6 nitrogen and oxygen atoms in total. The Hall–Kier alpha value is -2.89. The molecule has 0 unspecified atom stereocenters. The number of pyridine rings is 1. The van der Waals surface area contributed by atoms with E-state index in [1.54, 1.807) is 19.1 Å². The average Bonchev–Trinajstić information content (AvgIpc) is 3.20. The minimum Gasteiger partial charge on any atom is -0.478 e. The molecule has 2 aliphatic heterocycles. The van der Waals surface area contributed by atoms with Crippen molar-refractivity contribution in [3.8, 4) is 0 Å². The van der Waals surface area contributed by atoms with Crippen LogP contribution in [0.25, 0.3) is 0 Å². The van der Waals surface area contributed by atoms with Crippen molar-refractivity contribution in [3.05, 3.63) is 59.8 Å². The fourth-order valence-corrected chi connectivity index (χ4v) is 4.33. The number of benzene rings is 1. The number of anilines is 1. The first-order valence-corrected chi connectivity index (χ1v) is 8.81. The highest BCUT2D eigenvalue weighted by Gasteiger charge is 2.48. The minimum atomic E-state index is -0.969. The van der Waals surface area contributed by atoms with Crippen molar-refractivity contribution in [2.45, 2.75) is 13.0 Å².